The van der Waals surface area contributed by atoms with E-state index in [0.29, 0.717) is 55.0 Å². The number of hydrogen-bond acceptors (Lipinski definition) is 11. The van der Waals surface area contributed by atoms with Gasteiger partial charge in [-0.25, -0.2) is 4.79 Å². The molecule has 0 bridgehead atoms. The van der Waals surface area contributed by atoms with Crippen molar-refractivity contribution < 1.29 is 28.5 Å². The highest BCUT2D eigenvalue weighted by Gasteiger charge is 2.65. The maximum Gasteiger partial charge on any atom is 0.341 e. The van der Waals surface area contributed by atoms with Crippen molar-refractivity contribution in [2.24, 2.45) is 5.73 Å². The van der Waals surface area contributed by atoms with Crippen LogP contribution in [-0.2, 0) is 20.8 Å². The quantitative estimate of drug-likeness (QED) is 0.0572. The second-order valence-corrected chi connectivity index (χ2v) is 17.2. The molecule has 2 fully saturated rings. The first kappa shape index (κ1) is 38.0. The van der Waals surface area contributed by atoms with Gasteiger partial charge in [-0.15, -0.1) is 0 Å². The van der Waals surface area contributed by atoms with Crippen LogP contribution in [0.1, 0.15) is 89.4 Å². The van der Waals surface area contributed by atoms with E-state index in [1.54, 1.807) is 13.0 Å². The highest BCUT2D eigenvalue weighted by atomic mass is 16.7. The molecule has 1 spiro atoms. The van der Waals surface area contributed by atoms with E-state index in [9.17, 15) is 14.7 Å². The van der Waals surface area contributed by atoms with E-state index in [0.717, 1.165) is 48.4 Å². The SMILES string of the molecule is CCCCCNC1=CC(C2C=C(CC[C@H]3O[C@@]34CCC[C@H]3c5c(cc6oc(C)cc(=O)c6c5O)OC(C)(C)[C@@H]3OC4=O)C=C(N)N2)=CC(Cn2cc3cc[nH]c3c2)N1. The Morgan fingerprint density at radius 1 is 1.10 bits per heavy atom. The number of phenols is 1. The van der Waals surface area contributed by atoms with Gasteiger partial charge in [0, 0.05) is 60.7 Å². The third-order valence-corrected chi connectivity index (χ3v) is 12.4. The summed E-state index contributed by atoms with van der Waals surface area (Å²) in [6.45, 7) is 9.32. The normalized spacial score (nSPS) is 27.4. The molecular formula is C45H54N6O7. The van der Waals surface area contributed by atoms with Crippen LogP contribution in [0.5, 0.6) is 11.5 Å². The smallest absolute Gasteiger partial charge is 0.341 e. The number of nitrogens with two attached hydrogens (primary N) is 1. The van der Waals surface area contributed by atoms with Gasteiger partial charge in [-0.3, -0.25) is 4.79 Å². The lowest BCUT2D eigenvalue weighted by molar-refractivity contribution is -0.173. The standard InChI is InChI=1S/C45H54N6O7/c1-5-6-7-14-48-38-20-28(19-29(49-38)23-51-22-27-12-15-47-32(27)24-51)31-17-26(18-37(46)50-31)10-11-36-45(58-36)13-8-9-30-39-35(57-44(3,4)42(30)56-43(45)54)21-34-40(41(39)53)33(52)16-25(2)55-34/h12,15-22,24,29-31,36,42,47-50,53H,5-11,13-14,23,46H2,1-4H3/t29?,30-,31?,36+,42+,45-/m0/s1. The van der Waals surface area contributed by atoms with Gasteiger partial charge in [-0.1, -0.05) is 31.9 Å². The maximum atomic E-state index is 14.1. The fourth-order valence-electron chi connectivity index (χ4n) is 9.58. The van der Waals surface area contributed by atoms with Crippen LogP contribution in [0.4, 0.5) is 0 Å². The maximum absolute atomic E-state index is 14.1. The van der Waals surface area contributed by atoms with Gasteiger partial charge in [-0.2, -0.15) is 0 Å². The van der Waals surface area contributed by atoms with Crippen molar-refractivity contribution in [1.82, 2.24) is 25.5 Å². The Balaban J connectivity index is 0.899. The number of phenolic OH excluding ortho intramolecular Hbond substituents is 1. The Morgan fingerprint density at radius 2 is 1.97 bits per heavy atom. The van der Waals surface area contributed by atoms with E-state index < -0.39 is 23.3 Å². The minimum atomic E-state index is -1.04. The van der Waals surface area contributed by atoms with Gasteiger partial charge in [0.25, 0.3) is 0 Å². The van der Waals surface area contributed by atoms with E-state index in [4.69, 9.17) is 24.4 Å². The van der Waals surface area contributed by atoms with Crippen LogP contribution in [0.3, 0.4) is 0 Å². The second kappa shape index (κ2) is 14.7. The molecule has 7 N–H and O–H groups in total. The van der Waals surface area contributed by atoms with E-state index in [-0.39, 0.29) is 46.3 Å². The van der Waals surface area contributed by atoms with Crippen LogP contribution >= 0.6 is 0 Å². The van der Waals surface area contributed by atoms with Crippen molar-refractivity contribution in [2.45, 2.75) is 127 Å². The zero-order chi connectivity index (χ0) is 40.3. The number of carbonyl (C=O) groups excluding carboxylic acids is 1. The zero-order valence-electron chi connectivity index (χ0n) is 33.7. The summed E-state index contributed by atoms with van der Waals surface area (Å²) in [6.07, 6.45) is 20.4. The summed E-state index contributed by atoms with van der Waals surface area (Å²) in [7, 11) is 0. The highest BCUT2D eigenvalue weighted by Crippen LogP contribution is 2.54. The molecule has 2 saturated heterocycles. The van der Waals surface area contributed by atoms with Gasteiger partial charge in [0.15, 0.2) is 11.0 Å². The molecule has 0 aliphatic carbocycles. The van der Waals surface area contributed by atoms with Crippen molar-refractivity contribution in [1.29, 1.82) is 0 Å². The van der Waals surface area contributed by atoms with Gasteiger partial charge < -0.3 is 55.0 Å². The summed E-state index contributed by atoms with van der Waals surface area (Å²) < 4.78 is 27.0. The molecule has 4 aromatic rings. The lowest BCUT2D eigenvalue weighted by atomic mass is 9.76. The first-order valence-electron chi connectivity index (χ1n) is 20.8. The molecule has 5 aliphatic heterocycles. The Bertz CT molecular complexity index is 2420. The van der Waals surface area contributed by atoms with E-state index >= 15 is 0 Å². The summed E-state index contributed by atoms with van der Waals surface area (Å²) in [5.74, 6) is 1.50. The minimum Gasteiger partial charge on any atom is -0.507 e. The van der Waals surface area contributed by atoms with Crippen molar-refractivity contribution in [2.75, 3.05) is 6.54 Å². The number of esters is 1. The molecule has 6 atom stereocenters. The topological polar surface area (TPSA) is 181 Å². The number of dihydropyridines is 2. The van der Waals surface area contributed by atoms with Gasteiger partial charge >= 0.3 is 5.97 Å². The minimum absolute atomic E-state index is 0.0564. The van der Waals surface area contributed by atoms with Crippen LogP contribution in [0.2, 0.25) is 0 Å². The first-order valence-corrected chi connectivity index (χ1v) is 20.8. The summed E-state index contributed by atoms with van der Waals surface area (Å²) in [5.41, 5.74) is 8.29. The molecule has 0 amide bonds. The second-order valence-electron chi connectivity index (χ2n) is 17.2. The number of nitrogens with one attached hydrogen (secondary N) is 4. The van der Waals surface area contributed by atoms with E-state index in [1.165, 1.54) is 17.9 Å². The number of carbonyl (C=O) groups is 1. The lowest BCUT2D eigenvalue weighted by Gasteiger charge is -2.45. The van der Waals surface area contributed by atoms with Gasteiger partial charge in [0.05, 0.1) is 35.3 Å². The van der Waals surface area contributed by atoms with E-state index in [2.05, 4.69) is 69.1 Å². The largest absolute Gasteiger partial charge is 0.507 e. The van der Waals surface area contributed by atoms with Gasteiger partial charge in [0.2, 0.25) is 0 Å². The fourth-order valence-corrected chi connectivity index (χ4v) is 9.58. The van der Waals surface area contributed by atoms with Crippen LogP contribution in [0.15, 0.2) is 93.1 Å². The number of nitrogens with zero attached hydrogens (tertiary/aromatic N) is 1. The summed E-state index contributed by atoms with van der Waals surface area (Å²) in [5, 5.41) is 23.6. The molecule has 13 heteroatoms. The first-order chi connectivity index (χ1) is 27.9. The Labute approximate surface area is 337 Å². The van der Waals surface area contributed by atoms with Crippen molar-refractivity contribution in [3.63, 3.8) is 0 Å². The number of fused-ring (bicyclic) bond motifs is 5. The molecule has 5 aliphatic rings. The molecule has 3 aromatic heterocycles. The van der Waals surface area contributed by atoms with Crippen LogP contribution in [0, 0.1) is 6.92 Å². The van der Waals surface area contributed by atoms with Crippen LogP contribution < -0.4 is 31.8 Å². The summed E-state index contributed by atoms with van der Waals surface area (Å²) in [6, 6.07) is 5.05. The van der Waals surface area contributed by atoms with Crippen LogP contribution in [-0.4, -0.2) is 62.7 Å². The Hall–Kier alpha value is -5.56. The van der Waals surface area contributed by atoms with Crippen molar-refractivity contribution >= 4 is 27.8 Å². The van der Waals surface area contributed by atoms with Crippen LogP contribution in [0.25, 0.3) is 21.9 Å². The fraction of sp³-hybridized carbons (Fsp3) is 0.467. The monoisotopic (exact) mass is 790 g/mol. The predicted octanol–water partition coefficient (Wildman–Crippen LogP) is 6.28. The number of rotatable bonds is 11. The molecule has 13 nitrogen and oxygen atoms in total. The summed E-state index contributed by atoms with van der Waals surface area (Å²) >= 11 is 0. The Morgan fingerprint density at radius 3 is 2.79 bits per heavy atom. The van der Waals surface area contributed by atoms with Gasteiger partial charge in [0.1, 0.15) is 39.9 Å². The number of aromatic nitrogens is 2. The number of unbranched alkanes of at least 4 members (excludes halogenated alkanes) is 2. The highest BCUT2D eigenvalue weighted by molar-refractivity contribution is 5.88. The number of aromatic hydroxyl groups is 1. The molecule has 306 valence electrons. The molecule has 1 aromatic carbocycles. The number of aryl methyl sites for hydroxylation is 1. The number of benzene rings is 1. The average molecular weight is 791 g/mol. The summed E-state index contributed by atoms with van der Waals surface area (Å²) in [4.78, 5) is 30.3. The molecule has 0 saturated carbocycles. The van der Waals surface area contributed by atoms with E-state index in [1.807, 2.05) is 26.1 Å². The molecule has 2 unspecified atom stereocenters. The molecule has 58 heavy (non-hydrogen) atoms. The number of H-pyrrole nitrogens is 1. The molecular weight excluding hydrogens is 737 g/mol. The molecule has 0 radical (unpaired) electrons. The lowest BCUT2D eigenvalue weighted by Crippen LogP contribution is -2.53. The third-order valence-electron chi connectivity index (χ3n) is 12.4. The van der Waals surface area contributed by atoms with Gasteiger partial charge in [-0.05, 0) is 88.7 Å². The average Bonchev–Trinajstić information content (AvgIpc) is 3.49. The number of allylic oxidation sites excluding steroid dienone is 2. The Kier molecular flexibility index (Phi) is 9.61. The number of epoxide rings is 1. The number of ether oxygens (including phenoxy) is 3. The molecule has 8 heterocycles. The molecule has 9 rings (SSSR count). The zero-order valence-corrected chi connectivity index (χ0v) is 33.7. The predicted molar refractivity (Wildman–Crippen MR) is 221 cm³/mol. The number of aromatic amines is 1. The van der Waals surface area contributed by atoms with Crippen molar-refractivity contribution in [3.8, 4) is 11.5 Å². The third kappa shape index (κ3) is 7.03. The van der Waals surface area contributed by atoms with Crippen molar-refractivity contribution in [3.05, 3.63) is 105 Å². The number of hydrogen-bond donors (Lipinski definition) is 6.